The van der Waals surface area contributed by atoms with Crippen LogP contribution < -0.4 is 10.9 Å². The number of thioether (sulfide) groups is 2. The van der Waals surface area contributed by atoms with Gasteiger partial charge in [-0.15, -0.1) is 0 Å². The van der Waals surface area contributed by atoms with Gasteiger partial charge in [-0.1, -0.05) is 41.5 Å². The SMILES string of the molecule is CC(C)SCc1cc(=O)[nH]c(SCC(=O)Nc2ccc(Br)cc2)n1. The standard InChI is InChI=1S/C16H18BrN3O2S2/c1-10(2)23-8-13-7-14(21)20-16(19-13)24-9-15(22)18-12-5-3-11(17)4-6-12/h3-7,10H,8-9H2,1-2H3,(H,18,22)(H,19,20,21). The third-order valence-corrected chi connectivity index (χ3v) is 5.34. The number of H-pyrrole nitrogens is 1. The van der Waals surface area contributed by atoms with Crippen LogP contribution >= 0.6 is 39.5 Å². The predicted molar refractivity (Wildman–Crippen MR) is 105 cm³/mol. The van der Waals surface area contributed by atoms with Gasteiger partial charge in [0.25, 0.3) is 5.56 Å². The molecule has 0 aliphatic heterocycles. The zero-order valence-corrected chi connectivity index (χ0v) is 16.6. The summed E-state index contributed by atoms with van der Waals surface area (Å²) in [7, 11) is 0. The predicted octanol–water partition coefficient (Wildman–Crippen LogP) is 3.90. The molecule has 0 aliphatic carbocycles. The Balaban J connectivity index is 1.92. The fraction of sp³-hybridized carbons (Fsp3) is 0.312. The van der Waals surface area contributed by atoms with Crippen LogP contribution in [-0.2, 0) is 10.5 Å². The first-order valence-corrected chi connectivity index (χ1v) is 10.1. The van der Waals surface area contributed by atoms with Crippen molar-refractivity contribution >= 4 is 51.0 Å². The summed E-state index contributed by atoms with van der Waals surface area (Å²) in [5, 5.41) is 3.74. The first kappa shape index (κ1) is 19.1. The normalized spacial score (nSPS) is 10.8. The highest BCUT2D eigenvalue weighted by Gasteiger charge is 2.08. The Bertz CT molecular complexity index is 748. The number of benzene rings is 1. The van der Waals surface area contributed by atoms with Gasteiger partial charge < -0.3 is 10.3 Å². The number of aromatic amines is 1. The van der Waals surface area contributed by atoms with Crippen LogP contribution in [0, 0.1) is 0 Å². The fourth-order valence-corrected chi connectivity index (χ4v) is 3.35. The summed E-state index contributed by atoms with van der Waals surface area (Å²) in [6.45, 7) is 4.19. The van der Waals surface area contributed by atoms with E-state index >= 15 is 0 Å². The highest BCUT2D eigenvalue weighted by Crippen LogP contribution is 2.18. The lowest BCUT2D eigenvalue weighted by Crippen LogP contribution is -2.15. The maximum atomic E-state index is 12.0. The Kier molecular flexibility index (Phi) is 7.39. The van der Waals surface area contributed by atoms with Gasteiger partial charge in [-0.05, 0) is 29.5 Å². The summed E-state index contributed by atoms with van der Waals surface area (Å²) >= 11 is 6.29. The van der Waals surface area contributed by atoms with Gasteiger partial charge in [-0.25, -0.2) is 4.98 Å². The van der Waals surface area contributed by atoms with Crippen LogP contribution in [-0.4, -0.2) is 26.9 Å². The minimum Gasteiger partial charge on any atom is -0.325 e. The molecule has 1 aromatic heterocycles. The molecule has 2 N–H and O–H groups in total. The minimum atomic E-state index is -0.194. The lowest BCUT2D eigenvalue weighted by Gasteiger charge is -2.07. The van der Waals surface area contributed by atoms with Crippen molar-refractivity contribution in [3.63, 3.8) is 0 Å². The third-order valence-electron chi connectivity index (χ3n) is 2.81. The van der Waals surface area contributed by atoms with Crippen LogP contribution in [0.15, 0.2) is 44.8 Å². The molecule has 0 saturated carbocycles. The third kappa shape index (κ3) is 6.70. The van der Waals surface area contributed by atoms with Crippen molar-refractivity contribution in [3.05, 3.63) is 50.9 Å². The molecular weight excluding hydrogens is 410 g/mol. The molecule has 0 fully saturated rings. The molecule has 1 amide bonds. The van der Waals surface area contributed by atoms with Crippen LogP contribution in [0.4, 0.5) is 5.69 Å². The van der Waals surface area contributed by atoms with Gasteiger partial charge in [0.15, 0.2) is 5.16 Å². The van der Waals surface area contributed by atoms with Gasteiger partial charge >= 0.3 is 0 Å². The van der Waals surface area contributed by atoms with E-state index in [1.165, 1.54) is 17.8 Å². The number of hydrogen-bond acceptors (Lipinski definition) is 5. The highest BCUT2D eigenvalue weighted by molar-refractivity contribution is 9.10. The second kappa shape index (κ2) is 9.29. The molecule has 8 heteroatoms. The Morgan fingerprint density at radius 1 is 1.33 bits per heavy atom. The van der Waals surface area contributed by atoms with Crippen LogP contribution in [0.1, 0.15) is 19.5 Å². The molecule has 0 bridgehead atoms. The maximum Gasteiger partial charge on any atom is 0.251 e. The summed E-state index contributed by atoms with van der Waals surface area (Å²) in [4.78, 5) is 30.7. The quantitative estimate of drug-likeness (QED) is 0.517. The first-order chi connectivity index (χ1) is 11.4. The number of hydrogen-bond donors (Lipinski definition) is 2. The number of carbonyl (C=O) groups excluding carboxylic acids is 1. The number of nitrogens with one attached hydrogen (secondary N) is 2. The van der Waals surface area contributed by atoms with Crippen molar-refractivity contribution in [2.24, 2.45) is 0 Å². The minimum absolute atomic E-state index is 0.146. The van der Waals surface area contributed by atoms with E-state index in [0.717, 1.165) is 15.9 Å². The highest BCUT2D eigenvalue weighted by atomic mass is 79.9. The van der Waals surface area contributed by atoms with Crippen molar-refractivity contribution in [2.45, 2.75) is 30.0 Å². The molecule has 1 heterocycles. The zero-order chi connectivity index (χ0) is 17.5. The topological polar surface area (TPSA) is 74.8 Å². The molecule has 128 valence electrons. The average molecular weight is 428 g/mol. The Morgan fingerprint density at radius 2 is 2.04 bits per heavy atom. The van der Waals surface area contributed by atoms with E-state index in [1.54, 1.807) is 11.8 Å². The van der Waals surface area contributed by atoms with E-state index in [0.29, 0.717) is 16.2 Å². The molecule has 2 aromatic rings. The summed E-state index contributed by atoms with van der Waals surface area (Å²) in [5.74, 6) is 0.715. The van der Waals surface area contributed by atoms with E-state index in [4.69, 9.17) is 0 Å². The average Bonchev–Trinajstić information content (AvgIpc) is 2.53. The second-order valence-corrected chi connectivity index (χ2v) is 8.69. The second-order valence-electron chi connectivity index (χ2n) is 5.25. The summed E-state index contributed by atoms with van der Waals surface area (Å²) in [5.41, 5.74) is 1.26. The Hall–Kier alpha value is -1.25. The van der Waals surface area contributed by atoms with Crippen LogP contribution in [0.25, 0.3) is 0 Å². The maximum absolute atomic E-state index is 12.0. The summed E-state index contributed by atoms with van der Waals surface area (Å²) in [6.07, 6.45) is 0. The van der Waals surface area contributed by atoms with Crippen LogP contribution in [0.5, 0.6) is 0 Å². The molecule has 0 atom stereocenters. The lowest BCUT2D eigenvalue weighted by atomic mass is 10.3. The molecule has 2 rings (SSSR count). The van der Waals surface area contributed by atoms with Crippen molar-refractivity contribution in [1.82, 2.24) is 9.97 Å². The molecule has 5 nitrogen and oxygen atoms in total. The smallest absolute Gasteiger partial charge is 0.251 e. The molecular formula is C16H18BrN3O2S2. The molecule has 0 saturated heterocycles. The number of carbonyl (C=O) groups is 1. The molecule has 24 heavy (non-hydrogen) atoms. The van der Waals surface area contributed by atoms with E-state index in [9.17, 15) is 9.59 Å². The lowest BCUT2D eigenvalue weighted by molar-refractivity contribution is -0.113. The van der Waals surface area contributed by atoms with Gasteiger partial charge in [0.05, 0.1) is 11.4 Å². The largest absolute Gasteiger partial charge is 0.325 e. The number of rotatable bonds is 7. The number of halogens is 1. The number of anilines is 1. The van der Waals surface area contributed by atoms with E-state index in [1.807, 2.05) is 24.3 Å². The molecule has 0 unspecified atom stereocenters. The van der Waals surface area contributed by atoms with Gasteiger partial charge in [0.2, 0.25) is 5.91 Å². The number of amides is 1. The van der Waals surface area contributed by atoms with Crippen LogP contribution in [0.2, 0.25) is 0 Å². The Labute approximate surface area is 157 Å². The van der Waals surface area contributed by atoms with Crippen molar-refractivity contribution < 1.29 is 4.79 Å². The molecule has 0 radical (unpaired) electrons. The Morgan fingerprint density at radius 3 is 2.71 bits per heavy atom. The van der Waals surface area contributed by atoms with Gasteiger partial charge in [-0.2, -0.15) is 11.8 Å². The summed E-state index contributed by atoms with van der Waals surface area (Å²) in [6, 6.07) is 8.85. The van der Waals surface area contributed by atoms with E-state index < -0.39 is 0 Å². The number of nitrogens with zero attached hydrogens (tertiary/aromatic N) is 1. The van der Waals surface area contributed by atoms with Crippen molar-refractivity contribution in [3.8, 4) is 0 Å². The first-order valence-electron chi connectivity index (χ1n) is 7.32. The number of aromatic nitrogens is 2. The van der Waals surface area contributed by atoms with Crippen molar-refractivity contribution in [1.29, 1.82) is 0 Å². The fourth-order valence-electron chi connectivity index (χ4n) is 1.74. The van der Waals surface area contributed by atoms with Gasteiger partial charge in [-0.3, -0.25) is 9.59 Å². The molecule has 0 aliphatic rings. The molecule has 0 spiro atoms. The van der Waals surface area contributed by atoms with Gasteiger partial charge in [0, 0.05) is 22.0 Å². The van der Waals surface area contributed by atoms with E-state index in [-0.39, 0.29) is 17.2 Å². The van der Waals surface area contributed by atoms with Crippen LogP contribution in [0.3, 0.4) is 0 Å². The van der Waals surface area contributed by atoms with Gasteiger partial charge in [0.1, 0.15) is 0 Å². The summed E-state index contributed by atoms with van der Waals surface area (Å²) < 4.78 is 0.952. The zero-order valence-electron chi connectivity index (χ0n) is 13.3. The van der Waals surface area contributed by atoms with Crippen molar-refractivity contribution in [2.75, 3.05) is 11.1 Å². The molecule has 1 aromatic carbocycles. The monoisotopic (exact) mass is 427 g/mol. The van der Waals surface area contributed by atoms with E-state index in [2.05, 4.69) is 45.1 Å².